The fraction of sp³-hybridized carbons (Fsp3) is 0. The molecule has 0 radical (unpaired) electrons. The molecule has 1 aliphatic rings. The molecule has 5 heteroatoms. The lowest BCUT2D eigenvalue weighted by Crippen LogP contribution is -2.27. The average Bonchev–Trinajstić information content (AvgIpc) is 2.51. The number of hydrogen-bond donors (Lipinski definition) is 2. The van der Waals surface area contributed by atoms with Crippen LogP contribution in [0, 0.1) is 5.82 Å². The SMILES string of the molecule is O=C1C(=O)c2ccccc2C(O)=C1Nc1ccc(F)cc1. The van der Waals surface area contributed by atoms with Gasteiger partial charge in [0.25, 0.3) is 5.78 Å². The number of nitrogens with one attached hydrogen (secondary N) is 1. The van der Waals surface area contributed by atoms with Gasteiger partial charge in [0.15, 0.2) is 5.76 Å². The van der Waals surface area contributed by atoms with Crippen LogP contribution in [0.15, 0.2) is 54.2 Å². The summed E-state index contributed by atoms with van der Waals surface area (Å²) in [5.41, 5.74) is 0.667. The van der Waals surface area contributed by atoms with E-state index in [1.807, 2.05) is 0 Å². The average molecular weight is 283 g/mol. The second-order valence-corrected chi connectivity index (χ2v) is 4.56. The summed E-state index contributed by atoms with van der Waals surface area (Å²) < 4.78 is 12.9. The number of fused-ring (bicyclic) bond motifs is 1. The third kappa shape index (κ3) is 2.18. The van der Waals surface area contributed by atoms with Crippen molar-refractivity contribution in [3.8, 4) is 0 Å². The molecule has 104 valence electrons. The van der Waals surface area contributed by atoms with Crippen molar-refractivity contribution in [2.45, 2.75) is 0 Å². The molecule has 0 heterocycles. The highest BCUT2D eigenvalue weighted by atomic mass is 19.1. The van der Waals surface area contributed by atoms with Crippen molar-refractivity contribution in [3.05, 3.63) is 71.2 Å². The van der Waals surface area contributed by atoms with Crippen molar-refractivity contribution < 1.29 is 19.1 Å². The maximum absolute atomic E-state index is 12.9. The highest BCUT2D eigenvalue weighted by Crippen LogP contribution is 2.28. The zero-order valence-corrected chi connectivity index (χ0v) is 10.8. The molecule has 0 amide bonds. The number of aliphatic hydroxyl groups is 1. The fourth-order valence-corrected chi connectivity index (χ4v) is 2.16. The Kier molecular flexibility index (Phi) is 3.02. The quantitative estimate of drug-likeness (QED) is 0.832. The smallest absolute Gasteiger partial charge is 0.253 e. The highest BCUT2D eigenvalue weighted by molar-refractivity contribution is 6.52. The Morgan fingerprint density at radius 1 is 0.857 bits per heavy atom. The molecular formula is C16H10FNO3. The van der Waals surface area contributed by atoms with Gasteiger partial charge in [-0.3, -0.25) is 9.59 Å². The lowest BCUT2D eigenvalue weighted by molar-refractivity contribution is -0.111. The lowest BCUT2D eigenvalue weighted by Gasteiger charge is -2.18. The number of benzene rings is 2. The van der Waals surface area contributed by atoms with Crippen LogP contribution in [-0.4, -0.2) is 16.7 Å². The zero-order valence-electron chi connectivity index (χ0n) is 10.8. The summed E-state index contributed by atoms with van der Waals surface area (Å²) in [5, 5.41) is 12.9. The number of ketones is 2. The summed E-state index contributed by atoms with van der Waals surface area (Å²) in [6, 6.07) is 11.6. The number of anilines is 1. The van der Waals surface area contributed by atoms with Crippen molar-refractivity contribution in [2.24, 2.45) is 0 Å². The summed E-state index contributed by atoms with van der Waals surface area (Å²) >= 11 is 0. The molecule has 4 nitrogen and oxygen atoms in total. The molecule has 0 aliphatic heterocycles. The van der Waals surface area contributed by atoms with Gasteiger partial charge in [0.1, 0.15) is 11.5 Å². The second-order valence-electron chi connectivity index (χ2n) is 4.56. The standard InChI is InChI=1S/C16H10FNO3/c17-9-5-7-10(8-6-9)18-13-14(19)11-3-1-2-4-12(11)15(20)16(13)21/h1-8,18-19H. The molecule has 0 bridgehead atoms. The van der Waals surface area contributed by atoms with E-state index in [0.717, 1.165) is 0 Å². The van der Waals surface area contributed by atoms with Gasteiger partial charge in [0.2, 0.25) is 5.78 Å². The van der Waals surface area contributed by atoms with E-state index >= 15 is 0 Å². The van der Waals surface area contributed by atoms with Crippen LogP contribution < -0.4 is 5.32 Å². The molecular weight excluding hydrogens is 273 g/mol. The van der Waals surface area contributed by atoms with Crippen LogP contribution in [0.5, 0.6) is 0 Å². The first kappa shape index (κ1) is 13.1. The maximum Gasteiger partial charge on any atom is 0.253 e. The molecule has 0 unspecified atom stereocenters. The molecule has 2 N–H and O–H groups in total. The van der Waals surface area contributed by atoms with Gasteiger partial charge in [-0.15, -0.1) is 0 Å². The number of halogens is 1. The van der Waals surface area contributed by atoms with Crippen LogP contribution in [0.2, 0.25) is 0 Å². The lowest BCUT2D eigenvalue weighted by atomic mass is 9.91. The van der Waals surface area contributed by atoms with Gasteiger partial charge in [-0.25, -0.2) is 4.39 Å². The van der Waals surface area contributed by atoms with Gasteiger partial charge in [-0.2, -0.15) is 0 Å². The molecule has 2 aromatic rings. The van der Waals surface area contributed by atoms with Gasteiger partial charge in [0, 0.05) is 16.8 Å². The molecule has 2 aromatic carbocycles. The second kappa shape index (κ2) is 4.86. The van der Waals surface area contributed by atoms with Crippen LogP contribution in [0.3, 0.4) is 0 Å². The first-order valence-corrected chi connectivity index (χ1v) is 6.22. The number of carbonyl (C=O) groups is 2. The monoisotopic (exact) mass is 283 g/mol. The van der Waals surface area contributed by atoms with E-state index in [-0.39, 0.29) is 17.0 Å². The Morgan fingerprint density at radius 3 is 2.14 bits per heavy atom. The molecule has 0 aromatic heterocycles. The van der Waals surface area contributed by atoms with Crippen molar-refractivity contribution >= 4 is 23.0 Å². The Morgan fingerprint density at radius 2 is 1.48 bits per heavy atom. The van der Waals surface area contributed by atoms with E-state index in [4.69, 9.17) is 0 Å². The minimum absolute atomic E-state index is 0.171. The zero-order chi connectivity index (χ0) is 15.0. The number of Topliss-reactive ketones (excluding diaryl/α,β-unsaturated/α-hetero) is 2. The summed E-state index contributed by atoms with van der Waals surface area (Å²) in [4.78, 5) is 24.1. The molecule has 21 heavy (non-hydrogen) atoms. The molecule has 1 aliphatic carbocycles. The van der Waals surface area contributed by atoms with Gasteiger partial charge in [-0.05, 0) is 24.3 Å². The largest absolute Gasteiger partial charge is 0.505 e. The molecule has 0 atom stereocenters. The predicted molar refractivity (Wildman–Crippen MR) is 75.4 cm³/mol. The Bertz CT molecular complexity index is 778. The minimum atomic E-state index is -0.824. The molecule has 0 fully saturated rings. The van der Waals surface area contributed by atoms with E-state index in [1.54, 1.807) is 18.2 Å². The van der Waals surface area contributed by atoms with Crippen molar-refractivity contribution in [3.63, 3.8) is 0 Å². The van der Waals surface area contributed by atoms with E-state index < -0.39 is 17.4 Å². The summed E-state index contributed by atoms with van der Waals surface area (Å²) in [6.45, 7) is 0. The summed E-state index contributed by atoms with van der Waals surface area (Å²) in [5.74, 6) is -2.22. The van der Waals surface area contributed by atoms with Crippen molar-refractivity contribution in [1.29, 1.82) is 0 Å². The van der Waals surface area contributed by atoms with Crippen molar-refractivity contribution in [1.82, 2.24) is 0 Å². The first-order valence-electron chi connectivity index (χ1n) is 6.22. The molecule has 0 spiro atoms. The summed E-state index contributed by atoms with van der Waals surface area (Å²) in [7, 11) is 0. The van der Waals surface area contributed by atoms with Crippen LogP contribution >= 0.6 is 0 Å². The third-order valence-electron chi connectivity index (χ3n) is 3.21. The van der Waals surface area contributed by atoms with E-state index in [2.05, 4.69) is 5.32 Å². The van der Waals surface area contributed by atoms with Gasteiger partial charge >= 0.3 is 0 Å². The first-order chi connectivity index (χ1) is 10.1. The van der Waals surface area contributed by atoms with E-state index in [0.29, 0.717) is 11.3 Å². The van der Waals surface area contributed by atoms with Gasteiger partial charge in [0.05, 0.1) is 0 Å². The van der Waals surface area contributed by atoms with Crippen LogP contribution in [-0.2, 0) is 4.79 Å². The molecule has 0 saturated carbocycles. The Balaban J connectivity index is 2.06. The number of rotatable bonds is 2. The van der Waals surface area contributed by atoms with Crippen LogP contribution in [0.25, 0.3) is 5.76 Å². The highest BCUT2D eigenvalue weighted by Gasteiger charge is 2.32. The number of carbonyl (C=O) groups excluding carboxylic acids is 2. The normalized spacial score (nSPS) is 14.1. The Labute approximate surface area is 119 Å². The molecule has 3 rings (SSSR count). The van der Waals surface area contributed by atoms with E-state index in [9.17, 15) is 19.1 Å². The van der Waals surface area contributed by atoms with Crippen molar-refractivity contribution in [2.75, 3.05) is 5.32 Å². The van der Waals surface area contributed by atoms with Gasteiger partial charge < -0.3 is 10.4 Å². The number of hydrogen-bond acceptors (Lipinski definition) is 4. The third-order valence-corrected chi connectivity index (χ3v) is 3.21. The summed E-state index contributed by atoms with van der Waals surface area (Å²) in [6.07, 6.45) is 0. The fourth-order valence-electron chi connectivity index (χ4n) is 2.16. The van der Waals surface area contributed by atoms with E-state index in [1.165, 1.54) is 30.3 Å². The Hall–Kier alpha value is -2.95. The number of aliphatic hydroxyl groups excluding tert-OH is 1. The minimum Gasteiger partial charge on any atom is -0.505 e. The number of allylic oxidation sites excluding steroid dienone is 1. The topological polar surface area (TPSA) is 66.4 Å². The van der Waals surface area contributed by atoms with Crippen LogP contribution in [0.4, 0.5) is 10.1 Å². The predicted octanol–water partition coefficient (Wildman–Crippen LogP) is 2.93. The molecule has 0 saturated heterocycles. The maximum atomic E-state index is 12.9. The van der Waals surface area contributed by atoms with Gasteiger partial charge in [-0.1, -0.05) is 24.3 Å². The van der Waals surface area contributed by atoms with Crippen LogP contribution in [0.1, 0.15) is 15.9 Å².